The van der Waals surface area contributed by atoms with Crippen molar-refractivity contribution in [2.45, 2.75) is 45.7 Å². The van der Waals surface area contributed by atoms with Crippen LogP contribution in [0.5, 0.6) is 0 Å². The average molecular weight is 247 g/mol. The van der Waals surface area contributed by atoms with Crippen LogP contribution in [0.15, 0.2) is 12.3 Å². The monoisotopic (exact) mass is 247 g/mol. The molecule has 1 atom stereocenters. The summed E-state index contributed by atoms with van der Waals surface area (Å²) in [5, 5.41) is 2.84. The minimum Gasteiger partial charge on any atom is -0.397 e. The van der Waals surface area contributed by atoms with Crippen LogP contribution in [0, 0.1) is 12.3 Å². The van der Waals surface area contributed by atoms with Gasteiger partial charge < -0.3 is 15.6 Å². The van der Waals surface area contributed by atoms with Crippen molar-refractivity contribution in [3.8, 4) is 12.3 Å². The Hall–Kier alpha value is -1.89. The van der Waals surface area contributed by atoms with E-state index in [-0.39, 0.29) is 18.0 Å². The maximum Gasteiger partial charge on any atom is 0.268 e. The molecule has 0 aliphatic heterocycles. The lowest BCUT2D eigenvalue weighted by Gasteiger charge is -2.15. The first-order valence-electron chi connectivity index (χ1n) is 6.23. The molecule has 1 heterocycles. The van der Waals surface area contributed by atoms with Crippen LogP contribution in [0.25, 0.3) is 0 Å². The largest absolute Gasteiger partial charge is 0.397 e. The van der Waals surface area contributed by atoms with Crippen LogP contribution in [-0.4, -0.2) is 16.5 Å². The van der Waals surface area contributed by atoms with Crippen molar-refractivity contribution in [3.05, 3.63) is 18.0 Å². The van der Waals surface area contributed by atoms with Crippen molar-refractivity contribution in [1.82, 2.24) is 9.88 Å². The van der Waals surface area contributed by atoms with E-state index >= 15 is 0 Å². The number of nitrogens with two attached hydrogens (primary N) is 1. The van der Waals surface area contributed by atoms with Gasteiger partial charge in [-0.2, -0.15) is 0 Å². The number of anilines is 1. The number of nitrogens with one attached hydrogen (secondary N) is 1. The molecular formula is C14H21N3O. The molecule has 0 fully saturated rings. The minimum absolute atomic E-state index is 0.170. The lowest BCUT2D eigenvalue weighted by molar-refractivity contribution is 0.0933. The van der Waals surface area contributed by atoms with E-state index in [9.17, 15) is 4.79 Å². The van der Waals surface area contributed by atoms with Crippen molar-refractivity contribution >= 4 is 11.6 Å². The summed E-state index contributed by atoms with van der Waals surface area (Å²) in [6.07, 6.45) is 8.87. The second-order valence-corrected chi connectivity index (χ2v) is 4.64. The Bertz CT molecular complexity index is 454. The first kappa shape index (κ1) is 14.2. The molecule has 0 aliphatic rings. The minimum atomic E-state index is -0.223. The van der Waals surface area contributed by atoms with Crippen LogP contribution in [0.4, 0.5) is 5.69 Å². The Morgan fingerprint density at radius 3 is 2.78 bits per heavy atom. The molecule has 18 heavy (non-hydrogen) atoms. The van der Waals surface area contributed by atoms with Gasteiger partial charge in [0.1, 0.15) is 5.69 Å². The quantitative estimate of drug-likeness (QED) is 0.783. The molecule has 98 valence electrons. The predicted molar refractivity (Wildman–Crippen MR) is 74.2 cm³/mol. The topological polar surface area (TPSA) is 60.1 Å². The number of amides is 1. The van der Waals surface area contributed by atoms with Gasteiger partial charge in [0.15, 0.2) is 0 Å². The normalized spacial score (nSPS) is 12.2. The van der Waals surface area contributed by atoms with E-state index in [0.29, 0.717) is 11.4 Å². The number of hydrogen-bond donors (Lipinski definition) is 2. The molecule has 1 amide bonds. The van der Waals surface area contributed by atoms with Gasteiger partial charge in [0.2, 0.25) is 0 Å². The summed E-state index contributed by atoms with van der Waals surface area (Å²) < 4.78 is 1.85. The van der Waals surface area contributed by atoms with Crippen LogP contribution in [0.1, 0.15) is 50.1 Å². The SMILES string of the molecule is C#CC(CCC)NC(=O)c1cc(N)cn1C(C)C. The lowest BCUT2D eigenvalue weighted by Crippen LogP contribution is -2.35. The first-order valence-corrected chi connectivity index (χ1v) is 6.23. The third-order valence-electron chi connectivity index (χ3n) is 2.74. The highest BCUT2D eigenvalue weighted by Crippen LogP contribution is 2.16. The summed E-state index contributed by atoms with van der Waals surface area (Å²) in [7, 11) is 0. The van der Waals surface area contributed by atoms with E-state index in [1.54, 1.807) is 12.3 Å². The lowest BCUT2D eigenvalue weighted by atomic mass is 10.2. The second kappa shape index (κ2) is 6.15. The van der Waals surface area contributed by atoms with E-state index in [0.717, 1.165) is 12.8 Å². The number of nitrogen functional groups attached to an aromatic ring is 1. The smallest absolute Gasteiger partial charge is 0.268 e. The Kier molecular flexibility index (Phi) is 4.85. The van der Waals surface area contributed by atoms with E-state index < -0.39 is 0 Å². The Labute approximate surface area is 109 Å². The highest BCUT2D eigenvalue weighted by molar-refractivity contribution is 5.94. The van der Waals surface area contributed by atoms with Gasteiger partial charge >= 0.3 is 0 Å². The molecule has 1 aromatic heterocycles. The van der Waals surface area contributed by atoms with Crippen LogP contribution >= 0.6 is 0 Å². The van der Waals surface area contributed by atoms with Crippen molar-refractivity contribution in [2.75, 3.05) is 5.73 Å². The van der Waals surface area contributed by atoms with Gasteiger partial charge in [-0.05, 0) is 26.3 Å². The molecule has 0 saturated heterocycles. The van der Waals surface area contributed by atoms with Gasteiger partial charge in [-0.3, -0.25) is 4.79 Å². The van der Waals surface area contributed by atoms with Crippen LogP contribution in [-0.2, 0) is 0 Å². The van der Waals surface area contributed by atoms with Crippen molar-refractivity contribution < 1.29 is 4.79 Å². The summed E-state index contributed by atoms with van der Waals surface area (Å²) in [5.74, 6) is 2.42. The number of hydrogen-bond acceptors (Lipinski definition) is 2. The summed E-state index contributed by atoms with van der Waals surface area (Å²) in [5.41, 5.74) is 6.88. The molecule has 0 spiro atoms. The van der Waals surface area contributed by atoms with Gasteiger partial charge in [0.25, 0.3) is 5.91 Å². The molecule has 3 N–H and O–H groups in total. The van der Waals surface area contributed by atoms with Gasteiger partial charge in [-0.25, -0.2) is 0 Å². The Morgan fingerprint density at radius 2 is 2.28 bits per heavy atom. The van der Waals surface area contributed by atoms with Crippen molar-refractivity contribution in [2.24, 2.45) is 0 Å². The third kappa shape index (κ3) is 3.30. The molecule has 1 rings (SSSR count). The molecule has 0 aliphatic carbocycles. The highest BCUT2D eigenvalue weighted by Gasteiger charge is 2.17. The van der Waals surface area contributed by atoms with Crippen LogP contribution in [0.2, 0.25) is 0 Å². The number of terminal acetylenes is 1. The standard InChI is InChI=1S/C14H21N3O/c1-5-7-12(6-2)16-14(18)13-8-11(15)9-17(13)10(3)4/h2,8-10,12H,5,7,15H2,1,3-4H3,(H,16,18). The number of aromatic nitrogens is 1. The Balaban J connectivity index is 2.87. The third-order valence-corrected chi connectivity index (χ3v) is 2.74. The maximum absolute atomic E-state index is 12.1. The molecule has 4 heteroatoms. The molecular weight excluding hydrogens is 226 g/mol. The number of carbonyl (C=O) groups excluding carboxylic acids is 1. The van der Waals surface area contributed by atoms with Gasteiger partial charge in [0, 0.05) is 12.2 Å². The van der Waals surface area contributed by atoms with Gasteiger partial charge in [0.05, 0.1) is 11.7 Å². The fourth-order valence-electron chi connectivity index (χ4n) is 1.83. The van der Waals surface area contributed by atoms with Crippen molar-refractivity contribution in [1.29, 1.82) is 0 Å². The van der Waals surface area contributed by atoms with Crippen LogP contribution < -0.4 is 11.1 Å². The van der Waals surface area contributed by atoms with E-state index in [1.807, 2.05) is 25.3 Å². The van der Waals surface area contributed by atoms with Gasteiger partial charge in [-0.1, -0.05) is 19.3 Å². The summed E-state index contributed by atoms with van der Waals surface area (Å²) in [4.78, 5) is 12.1. The highest BCUT2D eigenvalue weighted by atomic mass is 16.2. The summed E-state index contributed by atoms with van der Waals surface area (Å²) in [6, 6.07) is 1.63. The zero-order chi connectivity index (χ0) is 13.7. The molecule has 0 aromatic carbocycles. The van der Waals surface area contributed by atoms with E-state index in [4.69, 9.17) is 12.2 Å². The second-order valence-electron chi connectivity index (χ2n) is 4.64. The molecule has 0 radical (unpaired) electrons. The average Bonchev–Trinajstić information content (AvgIpc) is 2.71. The Morgan fingerprint density at radius 1 is 1.61 bits per heavy atom. The zero-order valence-electron chi connectivity index (χ0n) is 11.2. The number of carbonyl (C=O) groups is 1. The van der Waals surface area contributed by atoms with Gasteiger partial charge in [-0.15, -0.1) is 6.42 Å². The zero-order valence-corrected chi connectivity index (χ0v) is 11.2. The maximum atomic E-state index is 12.1. The molecule has 1 aromatic rings. The van der Waals surface area contributed by atoms with E-state index in [2.05, 4.69) is 11.2 Å². The molecule has 0 bridgehead atoms. The molecule has 0 saturated carbocycles. The fourth-order valence-corrected chi connectivity index (χ4v) is 1.83. The number of rotatable bonds is 5. The summed E-state index contributed by atoms with van der Waals surface area (Å²) >= 11 is 0. The van der Waals surface area contributed by atoms with E-state index in [1.165, 1.54) is 0 Å². The van der Waals surface area contributed by atoms with Crippen LogP contribution in [0.3, 0.4) is 0 Å². The predicted octanol–water partition coefficient (Wildman–Crippen LogP) is 2.18. The first-order chi connectivity index (χ1) is 8.49. The summed E-state index contributed by atoms with van der Waals surface area (Å²) in [6.45, 7) is 6.03. The molecule has 1 unspecified atom stereocenters. The fraction of sp³-hybridized carbons (Fsp3) is 0.500. The molecule has 4 nitrogen and oxygen atoms in total. The number of nitrogens with zero attached hydrogens (tertiary/aromatic N) is 1. The van der Waals surface area contributed by atoms with Crippen molar-refractivity contribution in [3.63, 3.8) is 0 Å².